The number of carboxylic acids is 2. The third-order valence-corrected chi connectivity index (χ3v) is 5.27. The van der Waals surface area contributed by atoms with E-state index in [-0.39, 0.29) is 24.7 Å². The maximum Gasteiger partial charge on any atom is 0.326 e. The molecule has 2 aliphatic rings. The Kier molecular flexibility index (Phi) is 6.76. The van der Waals surface area contributed by atoms with Crippen molar-refractivity contribution in [1.29, 1.82) is 0 Å². The fourth-order valence-electron chi connectivity index (χ4n) is 3.78. The third kappa shape index (κ3) is 4.81. The molecule has 0 aromatic heterocycles. The number of hydrogen-bond donors (Lipinski definition) is 2. The average molecular weight is 420 g/mol. The zero-order valence-electron chi connectivity index (χ0n) is 16.4. The number of likely N-dealkylation sites (tertiary alicyclic amines) is 2. The molecule has 2 atom stereocenters. The molecule has 2 amide bonds. The van der Waals surface area contributed by atoms with Crippen LogP contribution in [0.4, 0.5) is 0 Å². The molecule has 2 saturated heterocycles. The zero-order chi connectivity index (χ0) is 21.7. The highest BCUT2D eigenvalue weighted by Gasteiger charge is 2.35. The summed E-state index contributed by atoms with van der Waals surface area (Å²) in [6.45, 7) is 0.0232. The first-order valence-electron chi connectivity index (χ1n) is 9.77. The molecular weight excluding hydrogens is 396 g/mol. The molecule has 1 aromatic carbocycles. The van der Waals surface area contributed by atoms with Crippen LogP contribution in [0.15, 0.2) is 24.3 Å². The first kappa shape index (κ1) is 21.4. The molecule has 3 rings (SSSR count). The molecule has 10 nitrogen and oxygen atoms in total. The van der Waals surface area contributed by atoms with Crippen LogP contribution in [0, 0.1) is 0 Å². The van der Waals surface area contributed by atoms with Crippen LogP contribution in [0.3, 0.4) is 0 Å². The van der Waals surface area contributed by atoms with E-state index >= 15 is 0 Å². The van der Waals surface area contributed by atoms with E-state index in [0.717, 1.165) is 0 Å². The van der Waals surface area contributed by atoms with E-state index in [2.05, 4.69) is 0 Å². The van der Waals surface area contributed by atoms with Gasteiger partial charge in [0.2, 0.25) is 0 Å². The van der Waals surface area contributed by atoms with Gasteiger partial charge in [-0.25, -0.2) is 9.59 Å². The average Bonchev–Trinajstić information content (AvgIpc) is 3.40. The Labute approximate surface area is 173 Å². The van der Waals surface area contributed by atoms with Gasteiger partial charge in [0, 0.05) is 13.1 Å². The van der Waals surface area contributed by atoms with Crippen molar-refractivity contribution in [1.82, 2.24) is 9.80 Å². The Balaban J connectivity index is 1.57. The number of rotatable bonds is 8. The van der Waals surface area contributed by atoms with Crippen molar-refractivity contribution in [3.8, 4) is 11.5 Å². The molecular formula is C20H24N2O8. The fourth-order valence-corrected chi connectivity index (χ4v) is 3.78. The number of carboxylic acid groups (broad SMARTS) is 2. The molecule has 2 heterocycles. The Morgan fingerprint density at radius 2 is 1.20 bits per heavy atom. The van der Waals surface area contributed by atoms with Crippen molar-refractivity contribution in [2.45, 2.75) is 37.8 Å². The lowest BCUT2D eigenvalue weighted by molar-refractivity contribution is -0.149. The van der Waals surface area contributed by atoms with E-state index in [1.165, 1.54) is 9.80 Å². The Morgan fingerprint density at radius 3 is 1.57 bits per heavy atom. The summed E-state index contributed by atoms with van der Waals surface area (Å²) < 4.78 is 11.1. The van der Waals surface area contributed by atoms with Gasteiger partial charge in [-0.05, 0) is 37.8 Å². The minimum atomic E-state index is -1.04. The van der Waals surface area contributed by atoms with Gasteiger partial charge in [0.05, 0.1) is 0 Å². The van der Waals surface area contributed by atoms with E-state index < -0.39 is 35.8 Å². The van der Waals surface area contributed by atoms with Crippen LogP contribution in [0.25, 0.3) is 0 Å². The maximum atomic E-state index is 12.4. The van der Waals surface area contributed by atoms with Gasteiger partial charge >= 0.3 is 11.9 Å². The number of aliphatic carboxylic acids is 2. The highest BCUT2D eigenvalue weighted by atomic mass is 16.5. The number of ether oxygens (including phenoxy) is 2. The molecule has 1 aromatic rings. The van der Waals surface area contributed by atoms with Gasteiger partial charge in [-0.2, -0.15) is 0 Å². The van der Waals surface area contributed by atoms with Gasteiger partial charge in [0.25, 0.3) is 11.8 Å². The Morgan fingerprint density at radius 1 is 0.800 bits per heavy atom. The van der Waals surface area contributed by atoms with Crippen molar-refractivity contribution < 1.29 is 38.9 Å². The lowest BCUT2D eigenvalue weighted by Gasteiger charge is -2.22. The SMILES string of the molecule is O=C(O)C1CCCN1C(=O)COc1ccccc1OCC(=O)N1CCCC1C(=O)O. The van der Waals surface area contributed by atoms with Crippen molar-refractivity contribution >= 4 is 23.8 Å². The first-order valence-corrected chi connectivity index (χ1v) is 9.77. The molecule has 2 unspecified atom stereocenters. The molecule has 0 radical (unpaired) electrons. The molecule has 2 aliphatic heterocycles. The number of carbonyl (C=O) groups excluding carboxylic acids is 2. The lowest BCUT2D eigenvalue weighted by atomic mass is 10.2. The number of amides is 2. The minimum absolute atomic E-state index is 0.237. The van der Waals surface area contributed by atoms with Crippen LogP contribution in [-0.2, 0) is 19.2 Å². The summed E-state index contributed by atoms with van der Waals surface area (Å²) in [5.41, 5.74) is 0. The van der Waals surface area contributed by atoms with E-state index in [0.29, 0.717) is 38.8 Å². The van der Waals surface area contributed by atoms with Gasteiger partial charge in [-0.1, -0.05) is 12.1 Å². The summed E-state index contributed by atoms with van der Waals surface area (Å²) >= 11 is 0. The number of carbonyl (C=O) groups is 4. The second kappa shape index (κ2) is 9.47. The second-order valence-corrected chi connectivity index (χ2v) is 7.19. The first-order chi connectivity index (χ1) is 14.4. The van der Waals surface area contributed by atoms with Crippen molar-refractivity contribution in [3.05, 3.63) is 24.3 Å². The van der Waals surface area contributed by atoms with E-state index in [4.69, 9.17) is 9.47 Å². The predicted octanol–water partition coefficient (Wildman–Crippen LogP) is 0.595. The van der Waals surface area contributed by atoms with E-state index in [9.17, 15) is 29.4 Å². The van der Waals surface area contributed by atoms with Crippen LogP contribution in [-0.4, -0.2) is 82.2 Å². The van der Waals surface area contributed by atoms with Crippen LogP contribution in [0.2, 0.25) is 0 Å². The summed E-state index contributed by atoms with van der Waals surface area (Å²) in [6, 6.07) is 4.81. The molecule has 162 valence electrons. The van der Waals surface area contributed by atoms with Crippen LogP contribution in [0.1, 0.15) is 25.7 Å². The van der Waals surface area contributed by atoms with E-state index in [1.54, 1.807) is 24.3 Å². The molecule has 2 fully saturated rings. The maximum absolute atomic E-state index is 12.4. The fraction of sp³-hybridized carbons (Fsp3) is 0.500. The largest absolute Gasteiger partial charge is 0.480 e. The van der Waals surface area contributed by atoms with Crippen molar-refractivity contribution in [2.24, 2.45) is 0 Å². The lowest BCUT2D eigenvalue weighted by Crippen LogP contribution is -2.43. The highest BCUT2D eigenvalue weighted by Crippen LogP contribution is 2.27. The molecule has 0 saturated carbocycles. The molecule has 30 heavy (non-hydrogen) atoms. The monoisotopic (exact) mass is 420 g/mol. The van der Waals surface area contributed by atoms with Gasteiger partial charge < -0.3 is 29.5 Å². The Bertz CT molecular complexity index is 760. The van der Waals surface area contributed by atoms with Crippen LogP contribution < -0.4 is 9.47 Å². The quantitative estimate of drug-likeness (QED) is 0.624. The van der Waals surface area contributed by atoms with Crippen LogP contribution >= 0.6 is 0 Å². The van der Waals surface area contributed by atoms with E-state index in [1.807, 2.05) is 0 Å². The number of nitrogens with zero attached hydrogens (tertiary/aromatic N) is 2. The summed E-state index contributed by atoms with van der Waals surface area (Å²) in [5.74, 6) is -2.48. The minimum Gasteiger partial charge on any atom is -0.480 e. The normalized spacial score (nSPS) is 20.8. The molecule has 0 bridgehead atoms. The molecule has 2 N–H and O–H groups in total. The summed E-state index contributed by atoms with van der Waals surface area (Å²) in [6.07, 6.45) is 2.07. The van der Waals surface area contributed by atoms with Crippen molar-refractivity contribution in [3.63, 3.8) is 0 Å². The molecule has 0 spiro atoms. The smallest absolute Gasteiger partial charge is 0.326 e. The summed E-state index contributed by atoms with van der Waals surface area (Å²) in [5, 5.41) is 18.4. The predicted molar refractivity (Wildman–Crippen MR) is 102 cm³/mol. The van der Waals surface area contributed by atoms with Gasteiger partial charge in [0.1, 0.15) is 12.1 Å². The number of para-hydroxylation sites is 2. The van der Waals surface area contributed by atoms with Gasteiger partial charge in [-0.15, -0.1) is 0 Å². The highest BCUT2D eigenvalue weighted by molar-refractivity contribution is 5.86. The summed E-state index contributed by atoms with van der Waals surface area (Å²) in [4.78, 5) is 49.8. The third-order valence-electron chi connectivity index (χ3n) is 5.27. The topological polar surface area (TPSA) is 134 Å². The molecule has 0 aliphatic carbocycles. The second-order valence-electron chi connectivity index (χ2n) is 7.19. The number of benzene rings is 1. The summed E-state index contributed by atoms with van der Waals surface area (Å²) in [7, 11) is 0. The number of hydrogen-bond acceptors (Lipinski definition) is 6. The van der Waals surface area contributed by atoms with Crippen molar-refractivity contribution in [2.75, 3.05) is 26.3 Å². The van der Waals surface area contributed by atoms with Gasteiger partial charge in [-0.3, -0.25) is 9.59 Å². The Hall–Kier alpha value is -3.30. The molecule has 10 heteroatoms. The van der Waals surface area contributed by atoms with Crippen LogP contribution in [0.5, 0.6) is 11.5 Å². The zero-order valence-corrected chi connectivity index (χ0v) is 16.4. The standard InChI is InChI=1S/C20H24N2O8/c23-17(21-9-3-5-13(21)19(25)26)11-29-15-7-1-2-8-16(15)30-12-18(24)22-10-4-6-14(22)20(27)28/h1-2,7-8,13-14H,3-6,9-12H2,(H,25,26)(H,27,28). The van der Waals surface area contributed by atoms with Gasteiger partial charge in [0.15, 0.2) is 24.7 Å².